The number of aliphatic imine (C=N–C) groups is 1. The van der Waals surface area contributed by atoms with Crippen LogP contribution in [-0.2, 0) is 5.54 Å². The summed E-state index contributed by atoms with van der Waals surface area (Å²) in [7, 11) is 0. The Morgan fingerprint density at radius 1 is 1.50 bits per heavy atom. The second kappa shape index (κ2) is 4.65. The molecule has 0 saturated heterocycles. The van der Waals surface area contributed by atoms with Gasteiger partial charge in [-0.1, -0.05) is 11.8 Å². The van der Waals surface area contributed by atoms with Crippen molar-refractivity contribution in [2.75, 3.05) is 5.75 Å². The molecule has 2 N–H and O–H groups in total. The van der Waals surface area contributed by atoms with Gasteiger partial charge in [-0.3, -0.25) is 10.1 Å². The van der Waals surface area contributed by atoms with E-state index < -0.39 is 39.2 Å². The number of hydrogen-bond donors (Lipinski definition) is 1. The van der Waals surface area contributed by atoms with E-state index in [0.717, 1.165) is 25.1 Å². The molecular weight excluding hydrogens is 295 g/mol. The SMILES string of the molecule is CC1(c2cc([N+](=O)[O-])ccc2F)N=C(N)SCC1(F)F. The number of alkyl halides is 2. The van der Waals surface area contributed by atoms with Crippen molar-refractivity contribution in [3.63, 3.8) is 0 Å². The van der Waals surface area contributed by atoms with Crippen molar-refractivity contribution >= 4 is 22.6 Å². The summed E-state index contributed by atoms with van der Waals surface area (Å²) in [5.41, 5.74) is 2.15. The van der Waals surface area contributed by atoms with Gasteiger partial charge in [-0.05, 0) is 13.0 Å². The van der Waals surface area contributed by atoms with E-state index in [9.17, 15) is 23.3 Å². The maximum Gasteiger partial charge on any atom is 0.286 e. The molecular formula is C11H10F3N3O2S. The van der Waals surface area contributed by atoms with Crippen LogP contribution in [0.3, 0.4) is 0 Å². The van der Waals surface area contributed by atoms with Crippen LogP contribution >= 0.6 is 11.8 Å². The largest absolute Gasteiger partial charge is 0.379 e. The van der Waals surface area contributed by atoms with Gasteiger partial charge in [-0.25, -0.2) is 18.2 Å². The predicted octanol–water partition coefficient (Wildman–Crippen LogP) is 2.65. The highest BCUT2D eigenvalue weighted by atomic mass is 32.2. The second-order valence-electron chi connectivity index (χ2n) is 4.44. The Hall–Kier alpha value is -1.77. The van der Waals surface area contributed by atoms with Crippen LogP contribution in [0, 0.1) is 15.9 Å². The number of non-ortho nitro benzene ring substituents is 1. The Bertz CT molecular complexity index is 609. The van der Waals surface area contributed by atoms with Gasteiger partial charge < -0.3 is 5.73 Å². The van der Waals surface area contributed by atoms with Gasteiger partial charge in [0.25, 0.3) is 11.6 Å². The minimum absolute atomic E-state index is 0.107. The van der Waals surface area contributed by atoms with Crippen LogP contribution in [0.1, 0.15) is 12.5 Å². The molecule has 1 atom stereocenters. The normalized spacial score (nSPS) is 25.1. The van der Waals surface area contributed by atoms with E-state index in [1.165, 1.54) is 0 Å². The lowest BCUT2D eigenvalue weighted by molar-refractivity contribution is -0.385. The number of thioether (sulfide) groups is 1. The van der Waals surface area contributed by atoms with Crippen LogP contribution in [0.25, 0.3) is 0 Å². The van der Waals surface area contributed by atoms with Crippen molar-refractivity contribution in [2.45, 2.75) is 18.4 Å². The molecule has 108 valence electrons. The van der Waals surface area contributed by atoms with Crippen LogP contribution < -0.4 is 5.73 Å². The highest BCUT2D eigenvalue weighted by Gasteiger charge is 2.55. The van der Waals surface area contributed by atoms with E-state index in [2.05, 4.69) is 4.99 Å². The van der Waals surface area contributed by atoms with E-state index in [-0.39, 0.29) is 5.17 Å². The first kappa shape index (κ1) is 14.6. The zero-order valence-corrected chi connectivity index (χ0v) is 11.1. The maximum atomic E-state index is 14.1. The summed E-state index contributed by atoms with van der Waals surface area (Å²) >= 11 is 0.660. The first-order valence-corrected chi connectivity index (χ1v) is 6.46. The topological polar surface area (TPSA) is 81.5 Å². The summed E-state index contributed by atoms with van der Waals surface area (Å²) in [6.07, 6.45) is 0. The number of rotatable bonds is 2. The summed E-state index contributed by atoms with van der Waals surface area (Å²) in [6, 6.07) is 2.46. The average Bonchev–Trinajstić information content (AvgIpc) is 2.35. The molecule has 0 radical (unpaired) electrons. The Morgan fingerprint density at radius 3 is 2.75 bits per heavy atom. The molecule has 1 unspecified atom stereocenters. The molecule has 9 heteroatoms. The zero-order chi connectivity index (χ0) is 15.1. The quantitative estimate of drug-likeness (QED) is 0.672. The number of amidine groups is 1. The maximum absolute atomic E-state index is 14.1. The molecule has 1 aromatic carbocycles. The first-order valence-electron chi connectivity index (χ1n) is 5.48. The zero-order valence-electron chi connectivity index (χ0n) is 10.3. The Labute approximate surface area is 116 Å². The molecule has 0 fully saturated rings. The van der Waals surface area contributed by atoms with Gasteiger partial charge in [-0.2, -0.15) is 0 Å². The number of halogens is 3. The molecule has 0 saturated carbocycles. The van der Waals surface area contributed by atoms with Crippen LogP contribution in [0.2, 0.25) is 0 Å². The summed E-state index contributed by atoms with van der Waals surface area (Å²) in [5.74, 6) is -5.03. The van der Waals surface area contributed by atoms with Gasteiger partial charge in [0.1, 0.15) is 5.82 Å². The summed E-state index contributed by atoms with van der Waals surface area (Å²) in [5, 5.41) is 10.6. The number of hydrogen-bond acceptors (Lipinski definition) is 5. The van der Waals surface area contributed by atoms with Crippen molar-refractivity contribution in [3.8, 4) is 0 Å². The van der Waals surface area contributed by atoms with E-state index >= 15 is 0 Å². The van der Waals surface area contributed by atoms with Gasteiger partial charge in [0.05, 0.1) is 10.7 Å². The molecule has 1 aliphatic heterocycles. The Balaban J connectivity index is 2.66. The second-order valence-corrected chi connectivity index (χ2v) is 5.43. The molecule has 0 spiro atoms. The third-order valence-corrected chi connectivity index (χ3v) is 4.03. The lowest BCUT2D eigenvalue weighted by Gasteiger charge is -2.37. The number of nitro benzene ring substituents is 1. The smallest absolute Gasteiger partial charge is 0.286 e. The minimum Gasteiger partial charge on any atom is -0.379 e. The summed E-state index contributed by atoms with van der Waals surface area (Å²) < 4.78 is 42.1. The molecule has 1 aliphatic rings. The number of nitrogens with two attached hydrogens (primary N) is 1. The monoisotopic (exact) mass is 305 g/mol. The molecule has 0 aliphatic carbocycles. The van der Waals surface area contributed by atoms with Crippen molar-refractivity contribution in [3.05, 3.63) is 39.7 Å². The molecule has 0 aromatic heterocycles. The molecule has 1 aromatic rings. The summed E-state index contributed by atoms with van der Waals surface area (Å²) in [4.78, 5) is 13.6. The highest BCUT2D eigenvalue weighted by Crippen LogP contribution is 2.47. The predicted molar refractivity (Wildman–Crippen MR) is 69.4 cm³/mol. The Kier molecular flexibility index (Phi) is 3.41. The van der Waals surface area contributed by atoms with Gasteiger partial charge in [0.15, 0.2) is 10.7 Å². The van der Waals surface area contributed by atoms with Crippen LogP contribution in [0.4, 0.5) is 18.9 Å². The van der Waals surface area contributed by atoms with Crippen molar-refractivity contribution in [2.24, 2.45) is 10.7 Å². The average molecular weight is 305 g/mol. The molecule has 5 nitrogen and oxygen atoms in total. The van der Waals surface area contributed by atoms with Gasteiger partial charge in [-0.15, -0.1) is 0 Å². The molecule has 0 amide bonds. The number of benzene rings is 1. The van der Waals surface area contributed by atoms with Gasteiger partial charge in [0, 0.05) is 17.7 Å². The fourth-order valence-corrected chi connectivity index (χ4v) is 2.75. The van der Waals surface area contributed by atoms with Crippen molar-refractivity contribution in [1.29, 1.82) is 0 Å². The van der Waals surface area contributed by atoms with Crippen molar-refractivity contribution < 1.29 is 18.1 Å². The van der Waals surface area contributed by atoms with Crippen molar-refractivity contribution in [1.82, 2.24) is 0 Å². The van der Waals surface area contributed by atoms with Crippen LogP contribution in [0.5, 0.6) is 0 Å². The molecule has 0 bridgehead atoms. The highest BCUT2D eigenvalue weighted by molar-refractivity contribution is 8.13. The molecule has 20 heavy (non-hydrogen) atoms. The van der Waals surface area contributed by atoms with Crippen LogP contribution in [-0.4, -0.2) is 21.8 Å². The first-order chi connectivity index (χ1) is 9.17. The van der Waals surface area contributed by atoms with Crippen LogP contribution in [0.15, 0.2) is 23.2 Å². The molecule has 1 heterocycles. The van der Waals surface area contributed by atoms with E-state index in [4.69, 9.17) is 5.73 Å². The number of nitro groups is 1. The van der Waals surface area contributed by atoms with E-state index in [1.54, 1.807) is 0 Å². The molecule has 2 rings (SSSR count). The minimum atomic E-state index is -3.38. The standard InChI is InChI=1S/C11H10F3N3O2S/c1-10(11(13,14)5-20-9(15)16-10)7-4-6(17(18)19)2-3-8(7)12/h2-4H,5H2,1H3,(H2,15,16). The fraction of sp³-hybridized carbons (Fsp3) is 0.364. The lowest BCUT2D eigenvalue weighted by atomic mass is 9.86. The third-order valence-electron chi connectivity index (χ3n) is 3.13. The summed E-state index contributed by atoms with van der Waals surface area (Å²) in [6.45, 7) is 1.02. The van der Waals surface area contributed by atoms with E-state index in [0.29, 0.717) is 11.8 Å². The van der Waals surface area contributed by atoms with Gasteiger partial charge >= 0.3 is 0 Å². The third kappa shape index (κ3) is 2.21. The Morgan fingerprint density at radius 2 is 2.15 bits per heavy atom. The fourth-order valence-electron chi connectivity index (χ4n) is 1.90. The van der Waals surface area contributed by atoms with E-state index in [1.807, 2.05) is 0 Å². The lowest BCUT2D eigenvalue weighted by Crippen LogP contribution is -2.48. The van der Waals surface area contributed by atoms with Gasteiger partial charge in [0.2, 0.25) is 0 Å². The number of nitrogens with zero attached hydrogens (tertiary/aromatic N) is 2.